The quantitative estimate of drug-likeness (QED) is 0.914. The second kappa shape index (κ2) is 7.11. The van der Waals surface area contributed by atoms with Gasteiger partial charge < -0.3 is 19.7 Å². The molecule has 2 saturated heterocycles. The number of hydrogen-bond acceptors (Lipinski definition) is 4. The maximum atomic E-state index is 12.1. The fourth-order valence-electron chi connectivity index (χ4n) is 3.29. The van der Waals surface area contributed by atoms with E-state index in [1.54, 1.807) is 7.11 Å². The van der Waals surface area contributed by atoms with Crippen molar-refractivity contribution in [3.8, 4) is 5.75 Å². The van der Waals surface area contributed by atoms with Gasteiger partial charge in [0.2, 0.25) is 5.91 Å². The van der Waals surface area contributed by atoms with Crippen molar-refractivity contribution in [2.75, 3.05) is 33.4 Å². The number of benzene rings is 1. The van der Waals surface area contributed by atoms with E-state index < -0.39 is 0 Å². The topological polar surface area (TPSA) is 50.8 Å². The predicted molar refractivity (Wildman–Crippen MR) is 83.7 cm³/mol. The molecule has 2 aliphatic rings. The lowest BCUT2D eigenvalue weighted by molar-refractivity contribution is -0.153. The normalized spacial score (nSPS) is 23.6. The SMILES string of the molecule is COc1cccc(CN2CC(C3CCNCC3)OCC2=O)c1. The first-order valence-corrected chi connectivity index (χ1v) is 7.99. The Hall–Kier alpha value is -1.59. The minimum absolute atomic E-state index is 0.0769. The Morgan fingerprint density at radius 3 is 2.95 bits per heavy atom. The van der Waals surface area contributed by atoms with Crippen LogP contribution in [0.2, 0.25) is 0 Å². The number of carbonyl (C=O) groups excluding carboxylic acids is 1. The molecule has 1 aromatic rings. The molecule has 1 aromatic carbocycles. The molecule has 2 fully saturated rings. The molecule has 0 aliphatic carbocycles. The van der Waals surface area contributed by atoms with Gasteiger partial charge >= 0.3 is 0 Å². The molecule has 1 atom stereocenters. The Balaban J connectivity index is 1.64. The van der Waals surface area contributed by atoms with Crippen molar-refractivity contribution in [3.05, 3.63) is 29.8 Å². The van der Waals surface area contributed by atoms with E-state index in [0.29, 0.717) is 19.0 Å². The number of amides is 1. The summed E-state index contributed by atoms with van der Waals surface area (Å²) in [5, 5.41) is 3.38. The van der Waals surface area contributed by atoms with Crippen LogP contribution < -0.4 is 10.1 Å². The largest absolute Gasteiger partial charge is 0.497 e. The Labute approximate surface area is 131 Å². The van der Waals surface area contributed by atoms with E-state index in [1.807, 2.05) is 29.2 Å². The lowest BCUT2D eigenvalue weighted by atomic mass is 9.91. The molecule has 1 unspecified atom stereocenters. The number of morpholine rings is 1. The summed E-state index contributed by atoms with van der Waals surface area (Å²) >= 11 is 0. The van der Waals surface area contributed by atoms with Crippen LogP contribution in [0.25, 0.3) is 0 Å². The zero-order chi connectivity index (χ0) is 15.4. The highest BCUT2D eigenvalue weighted by Crippen LogP contribution is 2.24. The van der Waals surface area contributed by atoms with Crippen LogP contribution in [-0.2, 0) is 16.1 Å². The third kappa shape index (κ3) is 3.59. The monoisotopic (exact) mass is 304 g/mol. The summed E-state index contributed by atoms with van der Waals surface area (Å²) in [5.41, 5.74) is 1.10. The lowest BCUT2D eigenvalue weighted by Crippen LogP contribution is -2.50. The van der Waals surface area contributed by atoms with Gasteiger partial charge in [-0.25, -0.2) is 0 Å². The number of rotatable bonds is 4. The summed E-state index contributed by atoms with van der Waals surface area (Å²) < 4.78 is 11.1. The van der Waals surface area contributed by atoms with E-state index >= 15 is 0 Å². The second-order valence-electron chi connectivity index (χ2n) is 6.06. The van der Waals surface area contributed by atoms with Gasteiger partial charge in [0.1, 0.15) is 12.4 Å². The third-order valence-electron chi connectivity index (χ3n) is 4.59. The summed E-state index contributed by atoms with van der Waals surface area (Å²) in [6.45, 7) is 3.63. The van der Waals surface area contributed by atoms with E-state index in [4.69, 9.17) is 9.47 Å². The highest BCUT2D eigenvalue weighted by atomic mass is 16.5. The van der Waals surface area contributed by atoms with Crippen LogP contribution in [0.15, 0.2) is 24.3 Å². The Kier molecular flexibility index (Phi) is 4.95. The van der Waals surface area contributed by atoms with Gasteiger partial charge in [0, 0.05) is 13.1 Å². The number of piperidine rings is 1. The molecular formula is C17H24N2O3. The Bertz CT molecular complexity index is 514. The molecule has 0 bridgehead atoms. The van der Waals surface area contributed by atoms with E-state index in [-0.39, 0.29) is 18.6 Å². The number of nitrogens with zero attached hydrogens (tertiary/aromatic N) is 1. The summed E-state index contributed by atoms with van der Waals surface area (Å²) in [6, 6.07) is 7.90. The lowest BCUT2D eigenvalue weighted by Gasteiger charge is -2.38. The van der Waals surface area contributed by atoms with Crippen molar-refractivity contribution >= 4 is 5.91 Å². The summed E-state index contributed by atoms with van der Waals surface area (Å²) in [7, 11) is 1.66. The van der Waals surface area contributed by atoms with Crippen molar-refractivity contribution in [2.45, 2.75) is 25.5 Å². The zero-order valence-corrected chi connectivity index (χ0v) is 13.1. The Morgan fingerprint density at radius 2 is 2.18 bits per heavy atom. The maximum absolute atomic E-state index is 12.1. The summed E-state index contributed by atoms with van der Waals surface area (Å²) in [6.07, 6.45) is 2.43. The van der Waals surface area contributed by atoms with Crippen molar-refractivity contribution in [2.24, 2.45) is 5.92 Å². The van der Waals surface area contributed by atoms with Gasteiger partial charge in [-0.05, 0) is 49.5 Å². The molecule has 2 aliphatic heterocycles. The first-order chi connectivity index (χ1) is 10.8. The minimum Gasteiger partial charge on any atom is -0.497 e. The van der Waals surface area contributed by atoms with Gasteiger partial charge in [0.05, 0.1) is 13.2 Å². The highest BCUT2D eigenvalue weighted by Gasteiger charge is 2.32. The smallest absolute Gasteiger partial charge is 0.248 e. The predicted octanol–water partition coefficient (Wildman–Crippen LogP) is 1.42. The standard InChI is InChI=1S/C17H24N2O3/c1-21-15-4-2-3-13(9-15)10-19-11-16(22-12-17(19)20)14-5-7-18-8-6-14/h2-4,9,14,16,18H,5-8,10-12H2,1H3. The summed E-state index contributed by atoms with van der Waals surface area (Å²) in [5.74, 6) is 1.46. The number of hydrogen-bond donors (Lipinski definition) is 1. The Morgan fingerprint density at radius 1 is 1.36 bits per heavy atom. The van der Waals surface area contributed by atoms with Crippen molar-refractivity contribution in [3.63, 3.8) is 0 Å². The first kappa shape index (κ1) is 15.3. The van der Waals surface area contributed by atoms with Crippen LogP contribution in [0, 0.1) is 5.92 Å². The van der Waals surface area contributed by atoms with Crippen LogP contribution in [-0.4, -0.2) is 50.3 Å². The van der Waals surface area contributed by atoms with Gasteiger partial charge in [-0.2, -0.15) is 0 Å². The third-order valence-corrected chi connectivity index (χ3v) is 4.59. The number of methoxy groups -OCH3 is 1. The highest BCUT2D eigenvalue weighted by molar-refractivity contribution is 5.78. The molecule has 0 radical (unpaired) electrons. The van der Waals surface area contributed by atoms with E-state index in [1.165, 1.54) is 0 Å². The van der Waals surface area contributed by atoms with Gasteiger partial charge in [-0.3, -0.25) is 4.79 Å². The molecule has 22 heavy (non-hydrogen) atoms. The molecule has 0 spiro atoms. The fourth-order valence-corrected chi connectivity index (χ4v) is 3.29. The van der Waals surface area contributed by atoms with E-state index in [9.17, 15) is 4.79 Å². The van der Waals surface area contributed by atoms with Crippen molar-refractivity contribution in [1.82, 2.24) is 10.2 Å². The molecule has 1 amide bonds. The molecule has 120 valence electrons. The summed E-state index contributed by atoms with van der Waals surface area (Å²) in [4.78, 5) is 14.1. The van der Waals surface area contributed by atoms with Crippen molar-refractivity contribution in [1.29, 1.82) is 0 Å². The minimum atomic E-state index is 0.0769. The molecule has 0 saturated carbocycles. The van der Waals surface area contributed by atoms with Crippen LogP contribution in [0.1, 0.15) is 18.4 Å². The molecule has 5 heteroatoms. The average molecular weight is 304 g/mol. The van der Waals surface area contributed by atoms with Crippen LogP contribution in [0.4, 0.5) is 0 Å². The first-order valence-electron chi connectivity index (χ1n) is 7.99. The molecule has 5 nitrogen and oxygen atoms in total. The number of nitrogens with one attached hydrogen (secondary N) is 1. The van der Waals surface area contributed by atoms with Gasteiger partial charge in [-0.1, -0.05) is 12.1 Å². The zero-order valence-electron chi connectivity index (χ0n) is 13.1. The molecular weight excluding hydrogens is 280 g/mol. The van der Waals surface area contributed by atoms with E-state index in [0.717, 1.165) is 37.2 Å². The molecule has 0 aromatic heterocycles. The van der Waals surface area contributed by atoms with Crippen LogP contribution in [0.3, 0.4) is 0 Å². The number of ether oxygens (including phenoxy) is 2. The van der Waals surface area contributed by atoms with Gasteiger partial charge in [0.25, 0.3) is 0 Å². The average Bonchev–Trinajstić information content (AvgIpc) is 2.58. The van der Waals surface area contributed by atoms with Crippen LogP contribution in [0.5, 0.6) is 5.75 Å². The second-order valence-corrected chi connectivity index (χ2v) is 6.06. The molecule has 2 heterocycles. The molecule has 3 rings (SSSR count). The maximum Gasteiger partial charge on any atom is 0.248 e. The van der Waals surface area contributed by atoms with E-state index in [2.05, 4.69) is 5.32 Å². The van der Waals surface area contributed by atoms with Crippen molar-refractivity contribution < 1.29 is 14.3 Å². The van der Waals surface area contributed by atoms with Gasteiger partial charge in [-0.15, -0.1) is 0 Å². The fraction of sp³-hybridized carbons (Fsp3) is 0.588. The van der Waals surface area contributed by atoms with Gasteiger partial charge in [0.15, 0.2) is 0 Å². The van der Waals surface area contributed by atoms with Crippen LogP contribution >= 0.6 is 0 Å². The molecule has 1 N–H and O–H groups in total. The number of carbonyl (C=O) groups is 1.